The average molecular weight is 377 g/mol. The number of thioether (sulfide) groups is 1. The van der Waals surface area contributed by atoms with Crippen LogP contribution >= 0.6 is 11.8 Å². The molecule has 0 fully saturated rings. The zero-order valence-corrected chi connectivity index (χ0v) is 15.9. The van der Waals surface area contributed by atoms with Crippen molar-refractivity contribution in [3.05, 3.63) is 53.8 Å². The van der Waals surface area contributed by atoms with Crippen molar-refractivity contribution in [1.29, 1.82) is 0 Å². The molecule has 26 heavy (non-hydrogen) atoms. The predicted octanol–water partition coefficient (Wildman–Crippen LogP) is 4.54. The van der Waals surface area contributed by atoms with Crippen LogP contribution in [0.5, 0.6) is 11.5 Å². The molecule has 0 atom stereocenters. The van der Waals surface area contributed by atoms with Crippen LogP contribution in [0.1, 0.15) is 30.6 Å². The number of benzene rings is 2. The van der Waals surface area contributed by atoms with Gasteiger partial charge in [0.2, 0.25) is 0 Å². The lowest BCUT2D eigenvalue weighted by molar-refractivity contribution is 0.0953. The summed E-state index contributed by atoms with van der Waals surface area (Å²) in [6.07, 6.45) is 0.823. The second-order valence-corrected chi connectivity index (χ2v) is 6.61. The minimum Gasteiger partial charge on any atom is -0.490 e. The molecule has 0 aliphatic carbocycles. The molecular formula is C20H24FNO3S. The van der Waals surface area contributed by atoms with Crippen molar-refractivity contribution in [2.75, 3.05) is 25.5 Å². The molecule has 0 saturated heterocycles. The molecule has 0 spiro atoms. The Labute approximate surface area is 158 Å². The van der Waals surface area contributed by atoms with E-state index in [9.17, 15) is 9.18 Å². The first kappa shape index (κ1) is 20.1. The van der Waals surface area contributed by atoms with Crippen LogP contribution in [0, 0.1) is 5.82 Å². The Balaban J connectivity index is 1.79. The summed E-state index contributed by atoms with van der Waals surface area (Å²) in [6.45, 7) is 5.41. The molecule has 4 nitrogen and oxygen atoms in total. The van der Waals surface area contributed by atoms with Gasteiger partial charge in [0, 0.05) is 17.0 Å². The molecule has 2 rings (SSSR count). The van der Waals surface area contributed by atoms with Crippen LogP contribution in [0.15, 0.2) is 47.4 Å². The fraction of sp³-hybridized carbons (Fsp3) is 0.350. The number of carbonyl (C=O) groups excluding carboxylic acids is 1. The summed E-state index contributed by atoms with van der Waals surface area (Å²) in [6, 6.07) is 11.6. The summed E-state index contributed by atoms with van der Waals surface area (Å²) in [5.74, 6) is 1.69. The normalized spacial score (nSPS) is 10.4. The fourth-order valence-electron chi connectivity index (χ4n) is 2.29. The first-order chi connectivity index (χ1) is 12.6. The van der Waals surface area contributed by atoms with Gasteiger partial charge < -0.3 is 14.8 Å². The van der Waals surface area contributed by atoms with Gasteiger partial charge in [0.15, 0.2) is 11.5 Å². The van der Waals surface area contributed by atoms with Gasteiger partial charge in [0.25, 0.3) is 5.91 Å². The molecule has 2 aromatic carbocycles. The Hall–Kier alpha value is -2.21. The van der Waals surface area contributed by atoms with E-state index >= 15 is 0 Å². The molecule has 2 aromatic rings. The highest BCUT2D eigenvalue weighted by molar-refractivity contribution is 7.99. The van der Waals surface area contributed by atoms with Crippen molar-refractivity contribution >= 4 is 17.7 Å². The molecular weight excluding hydrogens is 353 g/mol. The molecule has 0 aromatic heterocycles. The van der Waals surface area contributed by atoms with E-state index in [4.69, 9.17) is 9.47 Å². The van der Waals surface area contributed by atoms with Crippen molar-refractivity contribution < 1.29 is 18.7 Å². The Bertz CT molecular complexity index is 707. The van der Waals surface area contributed by atoms with Gasteiger partial charge in [0.05, 0.1) is 13.2 Å². The molecule has 0 heterocycles. The second-order valence-electron chi connectivity index (χ2n) is 5.44. The Morgan fingerprint density at radius 2 is 1.73 bits per heavy atom. The van der Waals surface area contributed by atoms with E-state index in [0.717, 1.165) is 17.1 Å². The van der Waals surface area contributed by atoms with E-state index < -0.39 is 0 Å². The molecule has 0 aliphatic heterocycles. The van der Waals surface area contributed by atoms with E-state index in [-0.39, 0.29) is 11.7 Å². The van der Waals surface area contributed by atoms with Crippen LogP contribution in [-0.2, 0) is 0 Å². The van der Waals surface area contributed by atoms with E-state index in [1.54, 1.807) is 42.1 Å². The minimum absolute atomic E-state index is 0.138. The van der Waals surface area contributed by atoms with Gasteiger partial charge in [-0.1, -0.05) is 0 Å². The van der Waals surface area contributed by atoms with Crippen molar-refractivity contribution in [3.63, 3.8) is 0 Å². The molecule has 0 saturated carbocycles. The van der Waals surface area contributed by atoms with Gasteiger partial charge in [-0.2, -0.15) is 0 Å². The van der Waals surface area contributed by atoms with E-state index in [0.29, 0.717) is 36.8 Å². The standard InChI is InChI=1S/C20H24FNO3S/c1-3-24-18-11-6-15(14-19(18)25-4-2)20(23)22-12-5-13-26-17-9-7-16(21)8-10-17/h6-11,14H,3-5,12-13H2,1-2H3,(H,22,23). The van der Waals surface area contributed by atoms with Crippen molar-refractivity contribution in [3.8, 4) is 11.5 Å². The summed E-state index contributed by atoms with van der Waals surface area (Å²) in [7, 11) is 0. The number of amides is 1. The maximum atomic E-state index is 12.9. The van der Waals surface area contributed by atoms with Crippen LogP contribution in [0.3, 0.4) is 0 Å². The summed E-state index contributed by atoms with van der Waals surface area (Å²) >= 11 is 1.64. The lowest BCUT2D eigenvalue weighted by atomic mass is 10.2. The number of hydrogen-bond acceptors (Lipinski definition) is 4. The SMILES string of the molecule is CCOc1ccc(C(=O)NCCCSc2ccc(F)cc2)cc1OCC. The van der Waals surface area contributed by atoms with E-state index in [1.807, 2.05) is 13.8 Å². The quantitative estimate of drug-likeness (QED) is 0.488. The van der Waals surface area contributed by atoms with Crippen molar-refractivity contribution in [2.24, 2.45) is 0 Å². The van der Waals surface area contributed by atoms with E-state index in [2.05, 4.69) is 5.32 Å². The summed E-state index contributed by atoms with van der Waals surface area (Å²) in [4.78, 5) is 13.3. The number of rotatable bonds is 10. The lowest BCUT2D eigenvalue weighted by Gasteiger charge is -2.12. The molecule has 6 heteroatoms. The Morgan fingerprint density at radius 3 is 2.42 bits per heavy atom. The molecule has 0 unspecified atom stereocenters. The first-order valence-electron chi connectivity index (χ1n) is 8.70. The van der Waals surface area contributed by atoms with Crippen LogP contribution in [0.2, 0.25) is 0 Å². The zero-order chi connectivity index (χ0) is 18.8. The van der Waals surface area contributed by atoms with Gasteiger partial charge in [-0.15, -0.1) is 11.8 Å². The van der Waals surface area contributed by atoms with Gasteiger partial charge in [-0.25, -0.2) is 4.39 Å². The predicted molar refractivity (Wildman–Crippen MR) is 103 cm³/mol. The van der Waals surface area contributed by atoms with Gasteiger partial charge in [0.1, 0.15) is 5.82 Å². The second kappa shape index (κ2) is 10.7. The zero-order valence-electron chi connectivity index (χ0n) is 15.1. The van der Waals surface area contributed by atoms with E-state index in [1.165, 1.54) is 12.1 Å². The fourth-order valence-corrected chi connectivity index (χ4v) is 3.14. The Morgan fingerprint density at radius 1 is 1.04 bits per heavy atom. The van der Waals surface area contributed by atoms with Gasteiger partial charge >= 0.3 is 0 Å². The third kappa shape index (κ3) is 6.26. The maximum absolute atomic E-state index is 12.9. The molecule has 140 valence electrons. The highest BCUT2D eigenvalue weighted by Gasteiger charge is 2.11. The molecule has 1 amide bonds. The minimum atomic E-state index is -0.233. The highest BCUT2D eigenvalue weighted by Crippen LogP contribution is 2.28. The largest absolute Gasteiger partial charge is 0.490 e. The number of hydrogen-bond donors (Lipinski definition) is 1. The number of nitrogens with one attached hydrogen (secondary N) is 1. The number of ether oxygens (including phenoxy) is 2. The lowest BCUT2D eigenvalue weighted by Crippen LogP contribution is -2.24. The third-order valence-electron chi connectivity index (χ3n) is 3.49. The number of halogens is 1. The molecule has 0 bridgehead atoms. The summed E-state index contributed by atoms with van der Waals surface area (Å²) in [5.41, 5.74) is 0.545. The summed E-state index contributed by atoms with van der Waals surface area (Å²) in [5, 5.41) is 2.91. The van der Waals surface area contributed by atoms with Crippen LogP contribution < -0.4 is 14.8 Å². The molecule has 0 radical (unpaired) electrons. The number of carbonyl (C=O) groups is 1. The van der Waals surface area contributed by atoms with Gasteiger partial charge in [-0.05, 0) is 68.5 Å². The van der Waals surface area contributed by atoms with Gasteiger partial charge in [-0.3, -0.25) is 4.79 Å². The topological polar surface area (TPSA) is 47.6 Å². The first-order valence-corrected chi connectivity index (χ1v) is 9.68. The maximum Gasteiger partial charge on any atom is 0.251 e. The monoisotopic (exact) mass is 377 g/mol. The van der Waals surface area contributed by atoms with Crippen LogP contribution in [0.4, 0.5) is 4.39 Å². The third-order valence-corrected chi connectivity index (χ3v) is 4.59. The molecule has 0 aliphatic rings. The Kier molecular flexibility index (Phi) is 8.28. The van der Waals surface area contributed by atoms with Crippen molar-refractivity contribution in [2.45, 2.75) is 25.2 Å². The smallest absolute Gasteiger partial charge is 0.251 e. The molecule has 1 N–H and O–H groups in total. The van der Waals surface area contributed by atoms with Crippen LogP contribution in [-0.4, -0.2) is 31.4 Å². The van der Waals surface area contributed by atoms with Crippen LogP contribution in [0.25, 0.3) is 0 Å². The van der Waals surface area contributed by atoms with Crippen molar-refractivity contribution in [1.82, 2.24) is 5.32 Å². The average Bonchev–Trinajstić information content (AvgIpc) is 2.64. The highest BCUT2D eigenvalue weighted by atomic mass is 32.2. The summed E-state index contributed by atoms with van der Waals surface area (Å²) < 4.78 is 23.9.